The van der Waals surface area contributed by atoms with Gasteiger partial charge in [0.1, 0.15) is 5.58 Å². The van der Waals surface area contributed by atoms with Gasteiger partial charge in [-0.05, 0) is 42.3 Å². The fraction of sp³-hybridized carbons (Fsp3) is 0.136. The van der Waals surface area contributed by atoms with Crippen molar-refractivity contribution in [3.63, 3.8) is 0 Å². The van der Waals surface area contributed by atoms with E-state index in [1.807, 2.05) is 55.5 Å². The van der Waals surface area contributed by atoms with Gasteiger partial charge >= 0.3 is 0 Å². The van der Waals surface area contributed by atoms with Gasteiger partial charge in [-0.3, -0.25) is 14.8 Å². The number of pyridine rings is 2. The summed E-state index contributed by atoms with van der Waals surface area (Å²) < 4.78 is 5.90. The number of carbonyl (C=O) groups is 1. The third kappa shape index (κ3) is 3.58. The van der Waals surface area contributed by atoms with Gasteiger partial charge in [0.05, 0.1) is 0 Å². The number of furan rings is 1. The molecule has 0 radical (unpaired) electrons. The summed E-state index contributed by atoms with van der Waals surface area (Å²) in [5.41, 5.74) is 3.56. The summed E-state index contributed by atoms with van der Waals surface area (Å²) in [6.45, 7) is 2.84. The van der Waals surface area contributed by atoms with Crippen molar-refractivity contribution >= 4 is 16.9 Å². The van der Waals surface area contributed by atoms with Crippen LogP contribution in [0, 0.1) is 6.92 Å². The molecule has 0 fully saturated rings. The molecular formula is C22H19N3O2. The highest BCUT2D eigenvalue weighted by Gasteiger charge is 2.23. The smallest absolute Gasteiger partial charge is 0.290 e. The molecule has 0 aliphatic carbocycles. The van der Waals surface area contributed by atoms with Crippen molar-refractivity contribution in [1.82, 2.24) is 14.9 Å². The molecule has 1 aromatic carbocycles. The summed E-state index contributed by atoms with van der Waals surface area (Å²) in [4.78, 5) is 23.3. The van der Waals surface area contributed by atoms with Gasteiger partial charge in [0.25, 0.3) is 5.91 Å². The molecule has 0 N–H and O–H groups in total. The minimum absolute atomic E-state index is 0.135. The van der Waals surface area contributed by atoms with Crippen molar-refractivity contribution in [1.29, 1.82) is 0 Å². The number of aryl methyl sites for hydroxylation is 1. The molecule has 27 heavy (non-hydrogen) atoms. The van der Waals surface area contributed by atoms with E-state index in [0.717, 1.165) is 27.7 Å². The van der Waals surface area contributed by atoms with Gasteiger partial charge in [0.15, 0.2) is 5.76 Å². The fourth-order valence-corrected chi connectivity index (χ4v) is 3.14. The van der Waals surface area contributed by atoms with Crippen LogP contribution in [0.15, 0.2) is 77.7 Å². The van der Waals surface area contributed by atoms with Crippen LogP contribution in [0.3, 0.4) is 0 Å². The largest absolute Gasteiger partial charge is 0.451 e. The Hall–Kier alpha value is -3.47. The predicted octanol–water partition coefficient (Wildman–Crippen LogP) is 4.37. The number of nitrogens with zero attached hydrogens (tertiary/aromatic N) is 3. The maximum atomic E-state index is 13.3. The van der Waals surface area contributed by atoms with Gasteiger partial charge in [-0.15, -0.1) is 0 Å². The molecule has 134 valence electrons. The molecule has 0 spiro atoms. The fourth-order valence-electron chi connectivity index (χ4n) is 3.14. The van der Waals surface area contributed by atoms with Crippen LogP contribution >= 0.6 is 0 Å². The normalized spacial score (nSPS) is 10.9. The number of carbonyl (C=O) groups excluding carboxylic acids is 1. The number of aromatic nitrogens is 2. The van der Waals surface area contributed by atoms with Crippen LogP contribution in [0.4, 0.5) is 0 Å². The Labute approximate surface area is 157 Å². The second kappa shape index (κ2) is 7.41. The first kappa shape index (κ1) is 17.0. The van der Waals surface area contributed by atoms with E-state index in [1.54, 1.807) is 29.7 Å². The maximum Gasteiger partial charge on any atom is 0.290 e. The maximum absolute atomic E-state index is 13.3. The highest BCUT2D eigenvalue weighted by atomic mass is 16.3. The van der Waals surface area contributed by atoms with Gasteiger partial charge in [-0.1, -0.05) is 24.3 Å². The second-order valence-electron chi connectivity index (χ2n) is 6.43. The number of para-hydroxylation sites is 1. The molecule has 0 bridgehead atoms. The van der Waals surface area contributed by atoms with E-state index in [2.05, 4.69) is 9.97 Å². The first-order valence-electron chi connectivity index (χ1n) is 8.77. The molecule has 0 aliphatic heterocycles. The molecule has 0 saturated carbocycles. The van der Waals surface area contributed by atoms with Crippen molar-refractivity contribution in [2.45, 2.75) is 20.0 Å². The van der Waals surface area contributed by atoms with Crippen LogP contribution in [0.25, 0.3) is 11.0 Å². The molecule has 0 unspecified atom stereocenters. The quantitative estimate of drug-likeness (QED) is 0.532. The van der Waals surface area contributed by atoms with Gasteiger partial charge in [-0.2, -0.15) is 0 Å². The Balaban J connectivity index is 1.69. The Morgan fingerprint density at radius 3 is 2.44 bits per heavy atom. The number of hydrogen-bond acceptors (Lipinski definition) is 4. The molecule has 0 atom stereocenters. The first-order valence-corrected chi connectivity index (χ1v) is 8.77. The molecule has 0 aliphatic rings. The molecule has 3 aromatic heterocycles. The molecular weight excluding hydrogens is 338 g/mol. The highest BCUT2D eigenvalue weighted by molar-refractivity contribution is 5.98. The number of amides is 1. The first-order chi connectivity index (χ1) is 13.2. The molecule has 1 amide bonds. The summed E-state index contributed by atoms with van der Waals surface area (Å²) in [6, 6.07) is 15.4. The monoisotopic (exact) mass is 357 g/mol. The van der Waals surface area contributed by atoms with Crippen molar-refractivity contribution in [2.75, 3.05) is 0 Å². The molecule has 0 saturated heterocycles. The molecule has 5 nitrogen and oxygen atoms in total. The van der Waals surface area contributed by atoms with Gasteiger partial charge < -0.3 is 9.32 Å². The lowest BCUT2D eigenvalue weighted by Gasteiger charge is -2.22. The zero-order valence-electron chi connectivity index (χ0n) is 15.0. The predicted molar refractivity (Wildman–Crippen MR) is 103 cm³/mol. The standard InChI is InChI=1S/C22H19N3O2/c1-16-19-6-2-3-7-20(19)27-21(16)22(26)25(14-17-8-11-23-12-9-17)15-18-5-4-10-24-13-18/h2-13H,14-15H2,1H3. The summed E-state index contributed by atoms with van der Waals surface area (Å²) in [5, 5.41) is 0.964. The SMILES string of the molecule is Cc1c(C(=O)N(Cc2ccncc2)Cc2cccnc2)oc2ccccc12. The average Bonchev–Trinajstić information content (AvgIpc) is 3.05. The number of rotatable bonds is 5. The van der Waals surface area contributed by atoms with E-state index in [0.29, 0.717) is 18.8 Å². The van der Waals surface area contributed by atoms with Crippen molar-refractivity contribution in [2.24, 2.45) is 0 Å². The molecule has 3 heterocycles. The number of fused-ring (bicyclic) bond motifs is 1. The van der Waals surface area contributed by atoms with E-state index in [-0.39, 0.29) is 5.91 Å². The van der Waals surface area contributed by atoms with E-state index in [1.165, 1.54) is 0 Å². The molecule has 4 aromatic rings. The zero-order chi connectivity index (χ0) is 18.6. The van der Waals surface area contributed by atoms with E-state index < -0.39 is 0 Å². The minimum Gasteiger partial charge on any atom is -0.451 e. The Bertz CT molecular complexity index is 1020. The molecule has 4 rings (SSSR count). The Kier molecular flexibility index (Phi) is 4.66. The summed E-state index contributed by atoms with van der Waals surface area (Å²) in [6.07, 6.45) is 6.96. The highest BCUT2D eigenvalue weighted by Crippen LogP contribution is 2.27. The number of hydrogen-bond donors (Lipinski definition) is 0. The molecule has 5 heteroatoms. The third-order valence-corrected chi connectivity index (χ3v) is 4.54. The lowest BCUT2D eigenvalue weighted by atomic mass is 10.1. The topological polar surface area (TPSA) is 59.2 Å². The second-order valence-corrected chi connectivity index (χ2v) is 6.43. The van der Waals surface area contributed by atoms with E-state index >= 15 is 0 Å². The van der Waals surface area contributed by atoms with Crippen LogP contribution in [-0.2, 0) is 13.1 Å². The minimum atomic E-state index is -0.135. The van der Waals surface area contributed by atoms with Gasteiger partial charge in [-0.25, -0.2) is 0 Å². The zero-order valence-corrected chi connectivity index (χ0v) is 15.0. The van der Waals surface area contributed by atoms with E-state index in [4.69, 9.17) is 4.42 Å². The number of benzene rings is 1. The summed E-state index contributed by atoms with van der Waals surface area (Å²) >= 11 is 0. The van der Waals surface area contributed by atoms with Crippen molar-refractivity contribution in [3.8, 4) is 0 Å². The lowest BCUT2D eigenvalue weighted by Crippen LogP contribution is -2.30. The van der Waals surface area contributed by atoms with Crippen molar-refractivity contribution in [3.05, 3.63) is 95.8 Å². The Morgan fingerprint density at radius 2 is 1.70 bits per heavy atom. The van der Waals surface area contributed by atoms with E-state index in [9.17, 15) is 4.79 Å². The lowest BCUT2D eigenvalue weighted by molar-refractivity contribution is 0.0699. The van der Waals surface area contributed by atoms with Gasteiger partial charge in [0, 0.05) is 48.8 Å². The van der Waals surface area contributed by atoms with Crippen LogP contribution in [0.1, 0.15) is 27.2 Å². The third-order valence-electron chi connectivity index (χ3n) is 4.54. The van der Waals surface area contributed by atoms with Crippen molar-refractivity contribution < 1.29 is 9.21 Å². The van der Waals surface area contributed by atoms with Gasteiger partial charge in [0.2, 0.25) is 0 Å². The Morgan fingerprint density at radius 1 is 0.926 bits per heavy atom. The summed E-state index contributed by atoms with van der Waals surface area (Å²) in [7, 11) is 0. The average molecular weight is 357 g/mol. The van der Waals surface area contributed by atoms with Crippen LogP contribution in [0.2, 0.25) is 0 Å². The van der Waals surface area contributed by atoms with Crippen LogP contribution in [-0.4, -0.2) is 20.8 Å². The van der Waals surface area contributed by atoms with Crippen LogP contribution < -0.4 is 0 Å². The summed E-state index contributed by atoms with van der Waals surface area (Å²) in [5.74, 6) is 0.249. The van der Waals surface area contributed by atoms with Crippen LogP contribution in [0.5, 0.6) is 0 Å².